The number of hydrogen-bond acceptors (Lipinski definition) is 4. The van der Waals surface area contributed by atoms with Crippen LogP contribution in [0.5, 0.6) is 0 Å². The van der Waals surface area contributed by atoms with E-state index in [0.29, 0.717) is 11.8 Å². The number of aromatic nitrogens is 2. The first kappa shape index (κ1) is 15.7. The third kappa shape index (κ3) is 3.28. The number of carbonyl (C=O) groups is 1. The Labute approximate surface area is 136 Å². The van der Waals surface area contributed by atoms with Crippen molar-refractivity contribution in [3.8, 4) is 11.5 Å². The van der Waals surface area contributed by atoms with Crippen LogP contribution in [0.25, 0.3) is 11.5 Å². The molecule has 1 aromatic heterocycles. The molecule has 1 saturated heterocycles. The van der Waals surface area contributed by atoms with Gasteiger partial charge in [0.15, 0.2) is 0 Å². The van der Waals surface area contributed by atoms with Gasteiger partial charge in [0.25, 0.3) is 0 Å². The van der Waals surface area contributed by atoms with Crippen LogP contribution in [0, 0.1) is 12.8 Å². The van der Waals surface area contributed by atoms with Gasteiger partial charge in [-0.3, -0.25) is 4.79 Å². The van der Waals surface area contributed by atoms with Gasteiger partial charge in [-0.05, 0) is 31.4 Å². The zero-order valence-electron chi connectivity index (χ0n) is 14.0. The Morgan fingerprint density at radius 1 is 1.22 bits per heavy atom. The fourth-order valence-corrected chi connectivity index (χ4v) is 3.03. The predicted molar refractivity (Wildman–Crippen MR) is 87.9 cm³/mol. The highest BCUT2D eigenvalue weighted by atomic mass is 16.4. The average molecular weight is 313 g/mol. The summed E-state index contributed by atoms with van der Waals surface area (Å²) in [5.41, 5.74) is 2.11. The summed E-state index contributed by atoms with van der Waals surface area (Å²) in [4.78, 5) is 14.0. The van der Waals surface area contributed by atoms with Crippen LogP contribution in [-0.4, -0.2) is 34.1 Å². The van der Waals surface area contributed by atoms with E-state index in [-0.39, 0.29) is 17.7 Å². The van der Waals surface area contributed by atoms with E-state index in [9.17, 15) is 4.79 Å². The van der Waals surface area contributed by atoms with Crippen LogP contribution in [0.15, 0.2) is 28.7 Å². The minimum absolute atomic E-state index is 0.0580. The average Bonchev–Trinajstić information content (AvgIpc) is 3.04. The summed E-state index contributed by atoms with van der Waals surface area (Å²) in [6.07, 6.45) is 1.77. The molecule has 5 nitrogen and oxygen atoms in total. The summed E-state index contributed by atoms with van der Waals surface area (Å²) < 4.78 is 5.91. The van der Waals surface area contributed by atoms with E-state index in [4.69, 9.17) is 4.42 Å². The number of aryl methyl sites for hydroxylation is 1. The van der Waals surface area contributed by atoms with Crippen molar-refractivity contribution in [2.24, 2.45) is 5.92 Å². The van der Waals surface area contributed by atoms with Gasteiger partial charge in [0.2, 0.25) is 17.7 Å². The Hall–Kier alpha value is -2.17. The lowest BCUT2D eigenvalue weighted by Gasteiger charge is -2.31. The van der Waals surface area contributed by atoms with E-state index in [1.165, 1.54) is 0 Å². The van der Waals surface area contributed by atoms with Crippen molar-refractivity contribution in [1.29, 1.82) is 0 Å². The highest BCUT2D eigenvalue weighted by Crippen LogP contribution is 2.30. The predicted octanol–water partition coefficient (Wildman–Crippen LogP) is 3.41. The lowest BCUT2D eigenvalue weighted by molar-refractivity contribution is -0.135. The van der Waals surface area contributed by atoms with Crippen molar-refractivity contribution in [1.82, 2.24) is 15.1 Å². The van der Waals surface area contributed by atoms with E-state index in [2.05, 4.69) is 10.2 Å². The molecular weight excluding hydrogens is 290 g/mol. The molecule has 5 heteroatoms. The third-order valence-electron chi connectivity index (χ3n) is 4.47. The summed E-state index contributed by atoms with van der Waals surface area (Å²) in [5.74, 6) is 1.81. The van der Waals surface area contributed by atoms with E-state index in [0.717, 1.165) is 37.1 Å². The van der Waals surface area contributed by atoms with Crippen molar-refractivity contribution < 1.29 is 9.21 Å². The minimum Gasteiger partial charge on any atom is -0.420 e. The quantitative estimate of drug-likeness (QED) is 0.871. The number of rotatable bonds is 3. The number of benzene rings is 1. The molecule has 23 heavy (non-hydrogen) atoms. The van der Waals surface area contributed by atoms with E-state index in [1.54, 1.807) is 0 Å². The normalized spacial score (nSPS) is 16.1. The molecule has 0 atom stereocenters. The number of nitrogens with zero attached hydrogens (tertiary/aromatic N) is 3. The second-order valence-corrected chi connectivity index (χ2v) is 6.51. The molecule has 122 valence electrons. The lowest BCUT2D eigenvalue weighted by Crippen LogP contribution is -2.40. The smallest absolute Gasteiger partial charge is 0.248 e. The zero-order chi connectivity index (χ0) is 16.4. The summed E-state index contributed by atoms with van der Waals surface area (Å²) in [6, 6.07) is 8.01. The maximum absolute atomic E-state index is 12.0. The van der Waals surface area contributed by atoms with Gasteiger partial charge in [-0.15, -0.1) is 10.2 Å². The molecule has 0 radical (unpaired) electrons. The Kier molecular flexibility index (Phi) is 4.46. The van der Waals surface area contributed by atoms with E-state index < -0.39 is 0 Å². The van der Waals surface area contributed by atoms with Crippen LogP contribution in [0.3, 0.4) is 0 Å². The topological polar surface area (TPSA) is 59.2 Å². The maximum Gasteiger partial charge on any atom is 0.248 e. The molecule has 0 spiro atoms. The highest BCUT2D eigenvalue weighted by Gasteiger charge is 2.28. The van der Waals surface area contributed by atoms with Crippen molar-refractivity contribution >= 4 is 5.91 Å². The fraction of sp³-hybridized carbons (Fsp3) is 0.500. The molecule has 2 aromatic rings. The van der Waals surface area contributed by atoms with Crippen LogP contribution >= 0.6 is 0 Å². The molecule has 1 aliphatic rings. The van der Waals surface area contributed by atoms with Crippen molar-refractivity contribution in [2.45, 2.75) is 39.5 Å². The Balaban J connectivity index is 1.68. The second kappa shape index (κ2) is 6.52. The monoisotopic (exact) mass is 313 g/mol. The minimum atomic E-state index is 0.0580. The van der Waals surface area contributed by atoms with Crippen molar-refractivity contribution in [3.63, 3.8) is 0 Å². The standard InChI is InChI=1S/C18H23N3O2/c1-12(2)18(22)21-10-8-14(9-11-21)16-19-20-17(23-16)15-7-5-4-6-13(15)3/h4-7,12,14H,8-11H2,1-3H3. The summed E-state index contributed by atoms with van der Waals surface area (Å²) >= 11 is 0. The second-order valence-electron chi connectivity index (χ2n) is 6.51. The largest absolute Gasteiger partial charge is 0.420 e. The molecule has 1 aliphatic heterocycles. The Bertz CT molecular complexity index is 685. The molecular formula is C18H23N3O2. The first-order chi connectivity index (χ1) is 11.1. The lowest BCUT2D eigenvalue weighted by atomic mass is 9.96. The van der Waals surface area contributed by atoms with Crippen LogP contribution in [0.4, 0.5) is 0 Å². The molecule has 1 aromatic carbocycles. The molecule has 0 unspecified atom stereocenters. The molecule has 0 bridgehead atoms. The van der Waals surface area contributed by atoms with Gasteiger partial charge in [0, 0.05) is 30.5 Å². The highest BCUT2D eigenvalue weighted by molar-refractivity contribution is 5.78. The summed E-state index contributed by atoms with van der Waals surface area (Å²) in [5, 5.41) is 8.45. The van der Waals surface area contributed by atoms with Gasteiger partial charge in [0.1, 0.15) is 0 Å². The number of likely N-dealkylation sites (tertiary alicyclic amines) is 1. The number of piperidine rings is 1. The number of carbonyl (C=O) groups excluding carboxylic acids is 1. The number of amides is 1. The Morgan fingerprint density at radius 2 is 1.91 bits per heavy atom. The van der Waals surface area contributed by atoms with Crippen LogP contribution in [-0.2, 0) is 4.79 Å². The molecule has 0 saturated carbocycles. The summed E-state index contributed by atoms with van der Waals surface area (Å²) in [7, 11) is 0. The van der Waals surface area contributed by atoms with Gasteiger partial charge in [-0.2, -0.15) is 0 Å². The van der Waals surface area contributed by atoms with E-state index >= 15 is 0 Å². The van der Waals surface area contributed by atoms with Gasteiger partial charge < -0.3 is 9.32 Å². The van der Waals surface area contributed by atoms with Gasteiger partial charge in [0.05, 0.1) is 0 Å². The SMILES string of the molecule is Cc1ccccc1-c1nnc(C2CCN(C(=O)C(C)C)CC2)o1. The fourth-order valence-electron chi connectivity index (χ4n) is 3.03. The first-order valence-electron chi connectivity index (χ1n) is 8.24. The van der Waals surface area contributed by atoms with E-state index in [1.807, 2.05) is 49.9 Å². The molecule has 2 heterocycles. The summed E-state index contributed by atoms with van der Waals surface area (Å²) in [6.45, 7) is 7.46. The molecule has 1 fully saturated rings. The number of hydrogen-bond donors (Lipinski definition) is 0. The van der Waals surface area contributed by atoms with Crippen molar-refractivity contribution in [2.75, 3.05) is 13.1 Å². The molecule has 3 rings (SSSR count). The third-order valence-corrected chi connectivity index (χ3v) is 4.47. The van der Waals surface area contributed by atoms with Crippen molar-refractivity contribution in [3.05, 3.63) is 35.7 Å². The molecule has 1 amide bonds. The zero-order valence-corrected chi connectivity index (χ0v) is 14.0. The van der Waals surface area contributed by atoms with Gasteiger partial charge >= 0.3 is 0 Å². The molecule has 0 aliphatic carbocycles. The first-order valence-corrected chi connectivity index (χ1v) is 8.24. The van der Waals surface area contributed by atoms with Crippen LogP contribution in [0.2, 0.25) is 0 Å². The van der Waals surface area contributed by atoms with Gasteiger partial charge in [-0.25, -0.2) is 0 Å². The van der Waals surface area contributed by atoms with Crippen LogP contribution in [0.1, 0.15) is 44.1 Å². The van der Waals surface area contributed by atoms with Gasteiger partial charge in [-0.1, -0.05) is 32.0 Å². The maximum atomic E-state index is 12.0. The van der Waals surface area contributed by atoms with Crippen LogP contribution < -0.4 is 0 Å². The molecule has 0 N–H and O–H groups in total. The Morgan fingerprint density at radius 3 is 2.57 bits per heavy atom.